The smallest absolute Gasteiger partial charge is 0.407 e. The predicted molar refractivity (Wildman–Crippen MR) is 73.6 cm³/mol. The molecule has 1 aliphatic rings. The van der Waals surface area contributed by atoms with E-state index in [0.717, 1.165) is 22.9 Å². The largest absolute Gasteiger partial charge is 0.465 e. The highest BCUT2D eigenvalue weighted by Crippen LogP contribution is 2.34. The second-order valence-corrected chi connectivity index (χ2v) is 5.65. The Bertz CT molecular complexity index is 409. The number of halogens is 1. The maximum Gasteiger partial charge on any atom is 0.407 e. The minimum atomic E-state index is -0.844. The van der Waals surface area contributed by atoms with Crippen LogP contribution in [0.4, 0.5) is 4.79 Å². The molecule has 5 heteroatoms. The number of carbonyl (C=O) groups is 1. The standard InChI is InChI=1S/C12H14BrNO2S/c13-9-5-3-8(4-6-9)11(17)10-2-1-7-14(10)12(15)16/h3-6,10-11,17H,1-2,7H2,(H,15,16)/t10-,11?/m0/s1. The molecule has 0 aromatic heterocycles. The number of thiol groups is 1. The summed E-state index contributed by atoms with van der Waals surface area (Å²) >= 11 is 7.97. The fraction of sp³-hybridized carbons (Fsp3) is 0.417. The van der Waals surface area contributed by atoms with E-state index in [0.29, 0.717) is 6.54 Å². The van der Waals surface area contributed by atoms with Crippen molar-refractivity contribution in [2.45, 2.75) is 24.1 Å². The van der Waals surface area contributed by atoms with E-state index in [1.54, 1.807) is 0 Å². The maximum absolute atomic E-state index is 11.1. The summed E-state index contributed by atoms with van der Waals surface area (Å²) in [6.07, 6.45) is 0.963. The van der Waals surface area contributed by atoms with Gasteiger partial charge in [0.1, 0.15) is 0 Å². The van der Waals surface area contributed by atoms with E-state index in [4.69, 9.17) is 5.11 Å². The van der Waals surface area contributed by atoms with Crippen LogP contribution in [0.3, 0.4) is 0 Å². The monoisotopic (exact) mass is 315 g/mol. The van der Waals surface area contributed by atoms with E-state index < -0.39 is 6.09 Å². The number of carboxylic acid groups (broad SMARTS) is 1. The number of hydrogen-bond acceptors (Lipinski definition) is 2. The molecule has 1 aliphatic heterocycles. The highest BCUT2D eigenvalue weighted by Gasteiger charge is 2.33. The van der Waals surface area contributed by atoms with Crippen molar-refractivity contribution < 1.29 is 9.90 Å². The molecule has 2 rings (SSSR count). The third-order valence-corrected chi connectivity index (χ3v) is 4.29. The molecule has 2 atom stereocenters. The van der Waals surface area contributed by atoms with Crippen LogP contribution in [-0.2, 0) is 0 Å². The summed E-state index contributed by atoms with van der Waals surface area (Å²) in [4.78, 5) is 12.6. The quantitative estimate of drug-likeness (QED) is 0.819. The lowest BCUT2D eigenvalue weighted by molar-refractivity contribution is 0.139. The molecule has 1 saturated heterocycles. The van der Waals surface area contributed by atoms with Crippen molar-refractivity contribution in [3.63, 3.8) is 0 Å². The minimum absolute atomic E-state index is 0.0167. The highest BCUT2D eigenvalue weighted by atomic mass is 79.9. The first kappa shape index (κ1) is 12.8. The number of hydrogen-bond donors (Lipinski definition) is 2. The van der Waals surface area contributed by atoms with Gasteiger partial charge in [0.2, 0.25) is 0 Å². The zero-order chi connectivity index (χ0) is 12.4. The van der Waals surface area contributed by atoms with Crippen molar-refractivity contribution in [3.8, 4) is 0 Å². The van der Waals surface area contributed by atoms with Crippen molar-refractivity contribution in [3.05, 3.63) is 34.3 Å². The van der Waals surface area contributed by atoms with Crippen LogP contribution < -0.4 is 0 Å². The van der Waals surface area contributed by atoms with Gasteiger partial charge in [0.15, 0.2) is 0 Å². The molecule has 1 aromatic rings. The fourth-order valence-corrected chi connectivity index (χ4v) is 2.99. The minimum Gasteiger partial charge on any atom is -0.465 e. The molecule has 0 saturated carbocycles. The summed E-state index contributed by atoms with van der Waals surface area (Å²) in [5.74, 6) is 0. The molecule has 17 heavy (non-hydrogen) atoms. The van der Waals surface area contributed by atoms with Gasteiger partial charge in [-0.05, 0) is 30.5 Å². The van der Waals surface area contributed by atoms with Crippen molar-refractivity contribution in [2.24, 2.45) is 0 Å². The van der Waals surface area contributed by atoms with E-state index >= 15 is 0 Å². The summed E-state index contributed by atoms with van der Waals surface area (Å²) in [6, 6.07) is 7.87. The van der Waals surface area contributed by atoms with Gasteiger partial charge in [0.05, 0.1) is 6.04 Å². The van der Waals surface area contributed by atoms with Gasteiger partial charge in [0, 0.05) is 16.3 Å². The molecular weight excluding hydrogens is 302 g/mol. The van der Waals surface area contributed by atoms with E-state index in [-0.39, 0.29) is 11.3 Å². The first-order valence-electron chi connectivity index (χ1n) is 5.52. The topological polar surface area (TPSA) is 40.5 Å². The molecule has 0 aliphatic carbocycles. The van der Waals surface area contributed by atoms with Crippen LogP contribution in [0, 0.1) is 0 Å². The molecule has 3 nitrogen and oxygen atoms in total. The van der Waals surface area contributed by atoms with Crippen molar-refractivity contribution >= 4 is 34.7 Å². The van der Waals surface area contributed by atoms with Crippen LogP contribution in [0.5, 0.6) is 0 Å². The zero-order valence-electron chi connectivity index (χ0n) is 9.21. The fourth-order valence-electron chi connectivity index (χ4n) is 2.24. The van der Waals surface area contributed by atoms with Gasteiger partial charge in [-0.2, -0.15) is 12.6 Å². The molecule has 1 fully saturated rings. The van der Waals surface area contributed by atoms with E-state index in [1.165, 1.54) is 4.90 Å². The third-order valence-electron chi connectivity index (χ3n) is 3.12. The number of nitrogens with zero attached hydrogens (tertiary/aromatic N) is 1. The second-order valence-electron chi connectivity index (χ2n) is 4.18. The lowest BCUT2D eigenvalue weighted by Crippen LogP contribution is -2.36. The van der Waals surface area contributed by atoms with Crippen molar-refractivity contribution in [2.75, 3.05) is 6.54 Å². The maximum atomic E-state index is 11.1. The first-order valence-corrected chi connectivity index (χ1v) is 6.83. The van der Waals surface area contributed by atoms with Crippen LogP contribution in [0.2, 0.25) is 0 Å². The number of amides is 1. The Labute approximate surface area is 114 Å². The molecule has 92 valence electrons. The molecular formula is C12H14BrNO2S. The Morgan fingerprint density at radius 2 is 2.12 bits per heavy atom. The Morgan fingerprint density at radius 3 is 2.71 bits per heavy atom. The summed E-state index contributed by atoms with van der Waals surface area (Å²) in [6.45, 7) is 0.619. The van der Waals surface area contributed by atoms with Gasteiger partial charge in [-0.25, -0.2) is 4.79 Å². The van der Waals surface area contributed by atoms with Crippen LogP contribution in [-0.4, -0.2) is 28.7 Å². The average molecular weight is 316 g/mol. The van der Waals surface area contributed by atoms with Gasteiger partial charge in [-0.15, -0.1) is 0 Å². The predicted octanol–water partition coefficient (Wildman–Crippen LogP) is 3.56. The molecule has 1 aromatic carbocycles. The molecule has 0 spiro atoms. The molecule has 1 heterocycles. The van der Waals surface area contributed by atoms with Crippen LogP contribution in [0.25, 0.3) is 0 Å². The summed E-state index contributed by atoms with van der Waals surface area (Å²) in [5.41, 5.74) is 1.06. The van der Waals surface area contributed by atoms with Gasteiger partial charge >= 0.3 is 6.09 Å². The first-order chi connectivity index (χ1) is 8.09. The van der Waals surface area contributed by atoms with E-state index in [9.17, 15) is 4.79 Å². The third kappa shape index (κ3) is 2.77. The Balaban J connectivity index is 2.16. The Morgan fingerprint density at radius 1 is 1.47 bits per heavy atom. The number of benzene rings is 1. The molecule has 1 unspecified atom stereocenters. The number of rotatable bonds is 2. The molecule has 1 amide bonds. The lowest BCUT2D eigenvalue weighted by atomic mass is 10.0. The van der Waals surface area contributed by atoms with Crippen molar-refractivity contribution in [1.29, 1.82) is 0 Å². The Kier molecular flexibility index (Phi) is 3.99. The average Bonchev–Trinajstić information content (AvgIpc) is 2.78. The van der Waals surface area contributed by atoms with Gasteiger partial charge < -0.3 is 10.0 Å². The molecule has 1 N–H and O–H groups in total. The second kappa shape index (κ2) is 5.31. The SMILES string of the molecule is O=C(O)N1CCC[C@H]1C(S)c1ccc(Br)cc1. The summed E-state index contributed by atoms with van der Waals surface area (Å²) in [5, 5.41) is 9.05. The van der Waals surface area contributed by atoms with E-state index in [1.807, 2.05) is 24.3 Å². The number of likely N-dealkylation sites (tertiary alicyclic amines) is 1. The van der Waals surface area contributed by atoms with Gasteiger partial charge in [0.25, 0.3) is 0 Å². The highest BCUT2D eigenvalue weighted by molar-refractivity contribution is 9.10. The normalized spacial score (nSPS) is 21.5. The van der Waals surface area contributed by atoms with Gasteiger partial charge in [-0.3, -0.25) is 0 Å². The zero-order valence-corrected chi connectivity index (χ0v) is 11.7. The van der Waals surface area contributed by atoms with Crippen LogP contribution in [0.15, 0.2) is 28.7 Å². The van der Waals surface area contributed by atoms with Crippen LogP contribution >= 0.6 is 28.6 Å². The van der Waals surface area contributed by atoms with Gasteiger partial charge in [-0.1, -0.05) is 28.1 Å². The summed E-state index contributed by atoms with van der Waals surface area (Å²) < 4.78 is 1.02. The van der Waals surface area contributed by atoms with E-state index in [2.05, 4.69) is 28.6 Å². The summed E-state index contributed by atoms with van der Waals surface area (Å²) in [7, 11) is 0. The molecule has 0 bridgehead atoms. The Hall–Kier alpha value is -0.680. The van der Waals surface area contributed by atoms with Crippen molar-refractivity contribution in [1.82, 2.24) is 4.90 Å². The lowest BCUT2D eigenvalue weighted by Gasteiger charge is -2.27. The molecule has 0 radical (unpaired) electrons. The van der Waals surface area contributed by atoms with Crippen LogP contribution in [0.1, 0.15) is 23.7 Å².